The zero-order valence-corrected chi connectivity index (χ0v) is 12.6. The molecule has 0 aromatic carbocycles. The maximum atomic E-state index is 11.8. The predicted molar refractivity (Wildman–Crippen MR) is 73.3 cm³/mol. The van der Waals surface area contributed by atoms with Gasteiger partial charge in [0, 0.05) is 6.04 Å². The summed E-state index contributed by atoms with van der Waals surface area (Å²) in [7, 11) is 0. The summed E-state index contributed by atoms with van der Waals surface area (Å²) < 4.78 is 6.40. The van der Waals surface area contributed by atoms with Crippen LogP contribution in [0.3, 0.4) is 0 Å². The summed E-state index contributed by atoms with van der Waals surface area (Å²) in [5.41, 5.74) is 0.793. The van der Waals surface area contributed by atoms with E-state index in [1.54, 1.807) is 6.92 Å². The van der Waals surface area contributed by atoms with Crippen LogP contribution in [0.2, 0.25) is 0 Å². The van der Waals surface area contributed by atoms with Crippen LogP contribution in [0, 0.1) is 0 Å². The van der Waals surface area contributed by atoms with Gasteiger partial charge in [-0.25, -0.2) is 9.48 Å². The van der Waals surface area contributed by atoms with E-state index in [1.165, 1.54) is 4.68 Å². The largest absolute Gasteiger partial charge is 0.461 e. The minimum absolute atomic E-state index is 0.0104. The minimum atomic E-state index is -0.508. The molecule has 0 bridgehead atoms. The highest BCUT2D eigenvalue weighted by molar-refractivity contribution is 5.88. The Kier molecular flexibility index (Phi) is 5.66. The summed E-state index contributed by atoms with van der Waals surface area (Å²) >= 11 is 0. The van der Waals surface area contributed by atoms with Crippen molar-refractivity contribution in [2.45, 2.75) is 53.1 Å². The Bertz CT molecular complexity index is 480. The van der Waals surface area contributed by atoms with Gasteiger partial charge in [0.05, 0.1) is 12.3 Å². The number of amides is 1. The predicted octanol–water partition coefficient (Wildman–Crippen LogP) is 1.10. The molecule has 0 unspecified atom stereocenters. The Morgan fingerprint density at radius 3 is 2.45 bits per heavy atom. The summed E-state index contributed by atoms with van der Waals surface area (Å²) in [6.45, 7) is 9.64. The van der Waals surface area contributed by atoms with Gasteiger partial charge in [0.25, 0.3) is 0 Å². The zero-order valence-electron chi connectivity index (χ0n) is 12.6. The van der Waals surface area contributed by atoms with Gasteiger partial charge < -0.3 is 10.1 Å². The van der Waals surface area contributed by atoms with Crippen molar-refractivity contribution in [1.82, 2.24) is 20.3 Å². The Morgan fingerprint density at radius 1 is 1.30 bits per heavy atom. The van der Waals surface area contributed by atoms with Crippen molar-refractivity contribution in [3.05, 3.63) is 11.4 Å². The molecule has 0 aliphatic carbocycles. The molecule has 1 heterocycles. The molecule has 7 nitrogen and oxygen atoms in total. The number of nitrogens with zero attached hydrogens (tertiary/aromatic N) is 3. The van der Waals surface area contributed by atoms with Gasteiger partial charge in [-0.05, 0) is 26.7 Å². The van der Waals surface area contributed by atoms with Crippen LogP contribution >= 0.6 is 0 Å². The maximum Gasteiger partial charge on any atom is 0.360 e. The summed E-state index contributed by atoms with van der Waals surface area (Å²) in [5.74, 6) is -0.662. The molecule has 0 atom stereocenters. The molecule has 7 heteroatoms. The van der Waals surface area contributed by atoms with Crippen molar-refractivity contribution in [2.75, 3.05) is 6.61 Å². The highest BCUT2D eigenvalue weighted by Crippen LogP contribution is 2.18. The lowest BCUT2D eigenvalue weighted by atomic mass is 10.1. The topological polar surface area (TPSA) is 86.1 Å². The molecule has 0 saturated carbocycles. The Morgan fingerprint density at radius 2 is 1.95 bits per heavy atom. The summed E-state index contributed by atoms with van der Waals surface area (Å²) in [6.07, 6.45) is 0. The molecular weight excluding hydrogens is 260 g/mol. The average molecular weight is 282 g/mol. The number of carbonyl (C=O) groups is 2. The number of rotatable bonds is 6. The van der Waals surface area contributed by atoms with Crippen LogP contribution in [0.5, 0.6) is 0 Å². The van der Waals surface area contributed by atoms with Gasteiger partial charge in [-0.2, -0.15) is 0 Å². The van der Waals surface area contributed by atoms with Gasteiger partial charge in [0.15, 0.2) is 5.69 Å². The normalized spacial score (nSPS) is 10.9. The highest BCUT2D eigenvalue weighted by atomic mass is 16.5. The van der Waals surface area contributed by atoms with Gasteiger partial charge in [-0.3, -0.25) is 4.79 Å². The van der Waals surface area contributed by atoms with Gasteiger partial charge in [-0.15, -0.1) is 5.10 Å². The molecule has 1 amide bonds. The van der Waals surface area contributed by atoms with Crippen LogP contribution in [0.1, 0.15) is 56.7 Å². The molecule has 20 heavy (non-hydrogen) atoms. The smallest absolute Gasteiger partial charge is 0.360 e. The SMILES string of the molecule is CCOC(=O)c1nnn(CC(=O)NC(C)C)c1C(C)C. The second-order valence-corrected chi connectivity index (χ2v) is 5.08. The Labute approximate surface area is 118 Å². The number of nitrogens with one attached hydrogen (secondary N) is 1. The number of aromatic nitrogens is 3. The molecule has 0 aliphatic heterocycles. The van der Waals surface area contributed by atoms with Crippen LogP contribution < -0.4 is 5.32 Å². The summed E-state index contributed by atoms with van der Waals surface area (Å²) in [4.78, 5) is 23.6. The Balaban J connectivity index is 2.97. The van der Waals surface area contributed by atoms with E-state index in [0.717, 1.165) is 0 Å². The van der Waals surface area contributed by atoms with Gasteiger partial charge >= 0.3 is 5.97 Å². The first-order chi connectivity index (χ1) is 9.36. The fourth-order valence-corrected chi connectivity index (χ4v) is 1.86. The quantitative estimate of drug-likeness (QED) is 0.790. The number of ether oxygens (including phenoxy) is 1. The van der Waals surface area contributed by atoms with Crippen molar-refractivity contribution < 1.29 is 14.3 Å². The second-order valence-electron chi connectivity index (χ2n) is 5.08. The van der Waals surface area contributed by atoms with E-state index in [0.29, 0.717) is 5.69 Å². The molecule has 0 saturated heterocycles. The molecule has 0 radical (unpaired) electrons. The van der Waals surface area contributed by atoms with Crippen LogP contribution in [0.4, 0.5) is 0 Å². The second kappa shape index (κ2) is 7.02. The summed E-state index contributed by atoms with van der Waals surface area (Å²) in [5, 5.41) is 10.5. The van der Waals surface area contributed by atoms with Crippen LogP contribution in [0.25, 0.3) is 0 Å². The molecule has 0 spiro atoms. The molecule has 1 rings (SSSR count). The molecule has 0 aliphatic rings. The number of hydrogen-bond donors (Lipinski definition) is 1. The third-order valence-corrected chi connectivity index (χ3v) is 2.53. The van der Waals surface area contributed by atoms with E-state index >= 15 is 0 Å². The van der Waals surface area contributed by atoms with Crippen molar-refractivity contribution in [2.24, 2.45) is 0 Å². The van der Waals surface area contributed by atoms with E-state index in [-0.39, 0.29) is 36.7 Å². The van der Waals surface area contributed by atoms with Crippen LogP contribution in [-0.2, 0) is 16.1 Å². The standard InChI is InChI=1S/C13H22N4O3/c1-6-20-13(19)11-12(8(2)3)17(16-15-11)7-10(18)14-9(4)5/h8-9H,6-7H2,1-5H3,(H,14,18). The average Bonchev–Trinajstić information content (AvgIpc) is 2.71. The van der Waals surface area contributed by atoms with Crippen molar-refractivity contribution in [3.63, 3.8) is 0 Å². The van der Waals surface area contributed by atoms with E-state index in [4.69, 9.17) is 4.74 Å². The minimum Gasteiger partial charge on any atom is -0.461 e. The lowest BCUT2D eigenvalue weighted by molar-refractivity contribution is -0.122. The monoisotopic (exact) mass is 282 g/mol. The van der Waals surface area contributed by atoms with Gasteiger partial charge in [-0.1, -0.05) is 19.1 Å². The van der Waals surface area contributed by atoms with Gasteiger partial charge in [0.1, 0.15) is 6.54 Å². The number of hydrogen-bond acceptors (Lipinski definition) is 5. The lowest BCUT2D eigenvalue weighted by Crippen LogP contribution is -2.34. The fraction of sp³-hybridized carbons (Fsp3) is 0.692. The third kappa shape index (κ3) is 4.04. The Hall–Kier alpha value is -1.92. The van der Waals surface area contributed by atoms with Crippen molar-refractivity contribution >= 4 is 11.9 Å². The van der Waals surface area contributed by atoms with Crippen LogP contribution in [-0.4, -0.2) is 39.5 Å². The van der Waals surface area contributed by atoms with E-state index in [9.17, 15) is 9.59 Å². The molecule has 112 valence electrons. The summed E-state index contributed by atoms with van der Waals surface area (Å²) in [6, 6.07) is 0.0537. The number of carbonyl (C=O) groups excluding carboxylic acids is 2. The number of esters is 1. The molecular formula is C13H22N4O3. The molecule has 1 aromatic heterocycles. The molecule has 1 N–H and O–H groups in total. The first kappa shape index (κ1) is 16.1. The van der Waals surface area contributed by atoms with Gasteiger partial charge in [0.2, 0.25) is 5.91 Å². The van der Waals surface area contributed by atoms with E-state index in [2.05, 4.69) is 15.6 Å². The first-order valence-electron chi connectivity index (χ1n) is 6.76. The molecule has 1 aromatic rings. The van der Waals surface area contributed by atoms with Crippen LogP contribution in [0.15, 0.2) is 0 Å². The van der Waals surface area contributed by atoms with Crippen molar-refractivity contribution in [1.29, 1.82) is 0 Å². The maximum absolute atomic E-state index is 11.8. The fourth-order valence-electron chi connectivity index (χ4n) is 1.86. The van der Waals surface area contributed by atoms with E-state index in [1.807, 2.05) is 27.7 Å². The third-order valence-electron chi connectivity index (χ3n) is 2.53. The zero-order chi connectivity index (χ0) is 15.3. The highest BCUT2D eigenvalue weighted by Gasteiger charge is 2.24. The molecule has 0 fully saturated rings. The van der Waals surface area contributed by atoms with E-state index < -0.39 is 5.97 Å². The first-order valence-corrected chi connectivity index (χ1v) is 6.76. The lowest BCUT2D eigenvalue weighted by Gasteiger charge is -2.12. The van der Waals surface area contributed by atoms with Crippen molar-refractivity contribution in [3.8, 4) is 0 Å².